The van der Waals surface area contributed by atoms with Gasteiger partial charge < -0.3 is 9.84 Å². The van der Waals surface area contributed by atoms with Crippen molar-refractivity contribution in [2.75, 3.05) is 18.4 Å². The van der Waals surface area contributed by atoms with Crippen molar-refractivity contribution in [2.45, 2.75) is 17.7 Å². The molecule has 1 fully saturated rings. The molecule has 2 aromatic rings. The lowest BCUT2D eigenvalue weighted by atomic mass is 9.99. The van der Waals surface area contributed by atoms with E-state index in [-0.39, 0.29) is 17.3 Å². The number of hydrogen-bond donors (Lipinski definition) is 1. The molecule has 0 spiro atoms. The smallest absolute Gasteiger partial charge is 0.243 e. The van der Waals surface area contributed by atoms with Gasteiger partial charge in [-0.25, -0.2) is 8.42 Å². The first-order valence-electron chi connectivity index (χ1n) is 7.34. The first-order valence-corrected chi connectivity index (χ1v) is 8.78. The molecule has 122 valence electrons. The van der Waals surface area contributed by atoms with E-state index >= 15 is 0 Å². The number of carbonyl (C=O) groups is 1. The van der Waals surface area contributed by atoms with Crippen LogP contribution in [0.1, 0.15) is 12.8 Å². The Hall–Kier alpha value is -2.19. The monoisotopic (exact) mass is 335 g/mol. The molecule has 2 heterocycles. The maximum atomic E-state index is 12.6. The first-order chi connectivity index (χ1) is 11.1. The highest BCUT2D eigenvalue weighted by Gasteiger charge is 2.33. The van der Waals surface area contributed by atoms with Crippen LogP contribution in [-0.2, 0) is 14.8 Å². The molecule has 1 aliphatic rings. The van der Waals surface area contributed by atoms with Crippen LogP contribution in [0.15, 0.2) is 52.1 Å². The number of nitrogens with zero attached hydrogens (tertiary/aromatic N) is 2. The van der Waals surface area contributed by atoms with Crippen molar-refractivity contribution in [2.24, 2.45) is 5.92 Å². The SMILES string of the molecule is O=C(Nc1ccon1)C1CCCN(S(=O)(=O)c2ccccc2)C1. The lowest BCUT2D eigenvalue weighted by Crippen LogP contribution is -2.43. The van der Waals surface area contributed by atoms with Crippen molar-refractivity contribution in [3.8, 4) is 0 Å². The fraction of sp³-hybridized carbons (Fsp3) is 0.333. The first kappa shape index (κ1) is 15.7. The minimum absolute atomic E-state index is 0.168. The predicted octanol–water partition coefficient (Wildman–Crippen LogP) is 1.71. The minimum Gasteiger partial charge on any atom is -0.363 e. The summed E-state index contributed by atoms with van der Waals surface area (Å²) in [6.07, 6.45) is 2.65. The van der Waals surface area contributed by atoms with Gasteiger partial charge in [0.2, 0.25) is 15.9 Å². The quantitative estimate of drug-likeness (QED) is 0.918. The van der Waals surface area contributed by atoms with Crippen LogP contribution in [0.2, 0.25) is 0 Å². The van der Waals surface area contributed by atoms with Gasteiger partial charge in [0, 0.05) is 19.2 Å². The summed E-state index contributed by atoms with van der Waals surface area (Å²) in [4.78, 5) is 12.5. The molecular weight excluding hydrogens is 318 g/mol. The van der Waals surface area contributed by atoms with Gasteiger partial charge >= 0.3 is 0 Å². The molecule has 1 aliphatic heterocycles. The van der Waals surface area contributed by atoms with Gasteiger partial charge in [-0.15, -0.1) is 0 Å². The Balaban J connectivity index is 1.72. The Bertz CT molecular complexity index is 759. The normalized spacial score (nSPS) is 19.4. The number of nitrogens with one attached hydrogen (secondary N) is 1. The predicted molar refractivity (Wildman–Crippen MR) is 83.1 cm³/mol. The van der Waals surface area contributed by atoms with Crippen LogP contribution >= 0.6 is 0 Å². The molecular formula is C15H17N3O4S. The summed E-state index contributed by atoms with van der Waals surface area (Å²) in [5.41, 5.74) is 0. The van der Waals surface area contributed by atoms with E-state index in [1.165, 1.54) is 10.6 Å². The van der Waals surface area contributed by atoms with Crippen molar-refractivity contribution in [3.05, 3.63) is 42.7 Å². The molecule has 1 unspecified atom stereocenters. The molecule has 1 saturated heterocycles. The molecule has 0 saturated carbocycles. The third-order valence-electron chi connectivity index (χ3n) is 3.82. The number of piperidine rings is 1. The molecule has 8 heteroatoms. The standard InChI is InChI=1S/C15H17N3O4S/c19-15(16-14-8-10-22-17-14)12-5-4-9-18(11-12)23(20,21)13-6-2-1-3-7-13/h1-3,6-8,10,12H,4-5,9,11H2,(H,16,17,19). The third-order valence-corrected chi connectivity index (χ3v) is 5.70. The number of anilines is 1. The van der Waals surface area contributed by atoms with Crippen LogP contribution in [0.3, 0.4) is 0 Å². The highest BCUT2D eigenvalue weighted by atomic mass is 32.2. The fourth-order valence-corrected chi connectivity index (χ4v) is 4.17. The number of amides is 1. The van der Waals surface area contributed by atoms with Crippen molar-refractivity contribution < 1.29 is 17.7 Å². The molecule has 0 aliphatic carbocycles. The Morgan fingerprint density at radius 3 is 2.74 bits per heavy atom. The summed E-state index contributed by atoms with van der Waals surface area (Å²) in [6.45, 7) is 0.589. The molecule has 1 aromatic carbocycles. The van der Waals surface area contributed by atoms with E-state index < -0.39 is 15.9 Å². The summed E-state index contributed by atoms with van der Waals surface area (Å²) in [5, 5.41) is 6.27. The maximum Gasteiger partial charge on any atom is 0.243 e. The average Bonchev–Trinajstić information content (AvgIpc) is 3.09. The number of carbonyl (C=O) groups excluding carboxylic acids is 1. The Kier molecular flexibility index (Phi) is 4.44. The topological polar surface area (TPSA) is 92.5 Å². The molecule has 1 amide bonds. The molecule has 0 bridgehead atoms. The Morgan fingerprint density at radius 1 is 1.26 bits per heavy atom. The van der Waals surface area contributed by atoms with Crippen molar-refractivity contribution in [1.29, 1.82) is 0 Å². The number of sulfonamides is 1. The number of rotatable bonds is 4. The van der Waals surface area contributed by atoms with Gasteiger partial charge in [-0.2, -0.15) is 4.31 Å². The molecule has 7 nitrogen and oxygen atoms in total. The zero-order chi connectivity index (χ0) is 16.3. The molecule has 23 heavy (non-hydrogen) atoms. The van der Waals surface area contributed by atoms with Gasteiger partial charge in [-0.3, -0.25) is 4.79 Å². The van der Waals surface area contributed by atoms with E-state index in [1.54, 1.807) is 36.4 Å². The second kappa shape index (κ2) is 6.51. The van der Waals surface area contributed by atoms with E-state index in [1.807, 2.05) is 0 Å². The number of benzene rings is 1. The molecule has 0 radical (unpaired) electrons. The van der Waals surface area contributed by atoms with Crippen LogP contribution in [0.4, 0.5) is 5.82 Å². The van der Waals surface area contributed by atoms with Crippen LogP contribution < -0.4 is 5.32 Å². The van der Waals surface area contributed by atoms with Crippen LogP contribution in [0, 0.1) is 5.92 Å². The van der Waals surface area contributed by atoms with Crippen molar-refractivity contribution in [1.82, 2.24) is 9.46 Å². The maximum absolute atomic E-state index is 12.6. The lowest BCUT2D eigenvalue weighted by molar-refractivity contribution is -0.120. The third kappa shape index (κ3) is 3.43. The summed E-state index contributed by atoms with van der Waals surface area (Å²) in [7, 11) is -3.57. The van der Waals surface area contributed by atoms with Gasteiger partial charge in [-0.05, 0) is 25.0 Å². The Morgan fingerprint density at radius 2 is 2.04 bits per heavy atom. The molecule has 1 aromatic heterocycles. The highest BCUT2D eigenvalue weighted by Crippen LogP contribution is 2.24. The van der Waals surface area contributed by atoms with Gasteiger partial charge in [0.15, 0.2) is 5.82 Å². The molecule has 1 N–H and O–H groups in total. The summed E-state index contributed by atoms with van der Waals surface area (Å²) in [6, 6.07) is 9.81. The van der Waals surface area contributed by atoms with E-state index in [2.05, 4.69) is 15.0 Å². The van der Waals surface area contributed by atoms with E-state index in [0.29, 0.717) is 25.2 Å². The minimum atomic E-state index is -3.57. The lowest BCUT2D eigenvalue weighted by Gasteiger charge is -2.31. The van der Waals surface area contributed by atoms with E-state index in [0.717, 1.165) is 0 Å². The highest BCUT2D eigenvalue weighted by molar-refractivity contribution is 7.89. The zero-order valence-corrected chi connectivity index (χ0v) is 13.2. The largest absolute Gasteiger partial charge is 0.363 e. The van der Waals surface area contributed by atoms with Crippen LogP contribution in [0.25, 0.3) is 0 Å². The summed E-state index contributed by atoms with van der Waals surface area (Å²) in [5.74, 6) is -0.316. The van der Waals surface area contributed by atoms with E-state index in [4.69, 9.17) is 0 Å². The fourth-order valence-electron chi connectivity index (χ4n) is 2.62. The van der Waals surface area contributed by atoms with E-state index in [9.17, 15) is 13.2 Å². The van der Waals surface area contributed by atoms with Gasteiger partial charge in [-0.1, -0.05) is 23.4 Å². The van der Waals surface area contributed by atoms with Gasteiger partial charge in [0.1, 0.15) is 6.26 Å². The van der Waals surface area contributed by atoms with Crippen LogP contribution in [0.5, 0.6) is 0 Å². The zero-order valence-electron chi connectivity index (χ0n) is 12.4. The second-order valence-electron chi connectivity index (χ2n) is 5.39. The number of aromatic nitrogens is 1. The van der Waals surface area contributed by atoms with Crippen LogP contribution in [-0.4, -0.2) is 36.9 Å². The Labute approximate surface area is 134 Å². The van der Waals surface area contributed by atoms with Crippen molar-refractivity contribution >= 4 is 21.7 Å². The second-order valence-corrected chi connectivity index (χ2v) is 7.33. The average molecular weight is 335 g/mol. The molecule has 1 atom stereocenters. The van der Waals surface area contributed by atoms with Gasteiger partial charge in [0.05, 0.1) is 10.8 Å². The van der Waals surface area contributed by atoms with Gasteiger partial charge in [0.25, 0.3) is 0 Å². The summed E-state index contributed by atoms with van der Waals surface area (Å²) < 4.78 is 31.3. The van der Waals surface area contributed by atoms with Crippen molar-refractivity contribution in [3.63, 3.8) is 0 Å². The number of hydrogen-bond acceptors (Lipinski definition) is 5. The summed E-state index contributed by atoms with van der Waals surface area (Å²) >= 11 is 0. The molecule has 3 rings (SSSR count).